The first-order valence-electron chi connectivity index (χ1n) is 10.9. The summed E-state index contributed by atoms with van der Waals surface area (Å²) in [6.07, 6.45) is 0.993. The molecule has 3 N–H and O–H groups in total. The number of amides is 1. The minimum atomic E-state index is -1.16. The van der Waals surface area contributed by atoms with E-state index in [0.29, 0.717) is 5.56 Å². The first-order valence-corrected chi connectivity index (χ1v) is 10.9. The fourth-order valence-corrected chi connectivity index (χ4v) is 4.63. The number of hydrogen-bond acceptors (Lipinski definition) is 4. The van der Waals surface area contributed by atoms with Gasteiger partial charge in [0.2, 0.25) is 0 Å². The van der Waals surface area contributed by atoms with Crippen molar-refractivity contribution in [3.8, 4) is 17.2 Å². The van der Waals surface area contributed by atoms with Gasteiger partial charge >= 0.3 is 12.1 Å². The molecule has 1 aromatic heterocycles. The van der Waals surface area contributed by atoms with Crippen LogP contribution in [0.1, 0.15) is 28.2 Å². The fraction of sp³-hybridized carbons (Fsp3) is 0.148. The maximum absolute atomic E-state index is 12.6. The third kappa shape index (κ3) is 3.86. The standard InChI is InChI=1S/C27H21N3O4/c28-13-16-9-10-18-17(14-29-24(18)11-16)12-25(26(31)32)30-27(33)34-15-23-21-7-3-1-5-19(21)20-6-2-4-8-22(20)23/h1-11,14,23,25,29H,12,15H2,(H,30,33)(H,31,32)/t25-/m0/s1. The number of nitrogens with zero attached hydrogens (tertiary/aromatic N) is 1. The zero-order chi connectivity index (χ0) is 23.7. The van der Waals surface area contributed by atoms with Crippen LogP contribution in [-0.4, -0.2) is 34.8 Å². The van der Waals surface area contributed by atoms with Crippen LogP contribution in [0, 0.1) is 11.3 Å². The number of benzene rings is 3. The molecule has 0 bridgehead atoms. The van der Waals surface area contributed by atoms with Crippen LogP contribution in [0.15, 0.2) is 72.9 Å². The fourth-order valence-electron chi connectivity index (χ4n) is 4.63. The van der Waals surface area contributed by atoms with Crippen molar-refractivity contribution >= 4 is 23.0 Å². The van der Waals surface area contributed by atoms with Crippen LogP contribution in [0.5, 0.6) is 0 Å². The SMILES string of the molecule is N#Cc1ccc2c(C[C@H](NC(=O)OCC3c4ccccc4-c4ccccc43)C(=O)O)c[nH]c2c1. The number of carboxylic acid groups (broad SMARTS) is 1. The number of nitrogens with one attached hydrogen (secondary N) is 2. The number of H-pyrrole nitrogens is 1. The van der Waals surface area contributed by atoms with E-state index in [1.807, 2.05) is 36.4 Å². The monoisotopic (exact) mass is 451 g/mol. The van der Waals surface area contributed by atoms with Crippen LogP contribution in [0.4, 0.5) is 4.79 Å². The summed E-state index contributed by atoms with van der Waals surface area (Å²) in [5, 5.41) is 22.0. The van der Waals surface area contributed by atoms with Crippen molar-refractivity contribution in [2.75, 3.05) is 6.61 Å². The smallest absolute Gasteiger partial charge is 0.407 e. The molecule has 0 fully saturated rings. The number of nitriles is 1. The lowest BCUT2D eigenvalue weighted by Crippen LogP contribution is -2.42. The van der Waals surface area contributed by atoms with Gasteiger partial charge in [0.15, 0.2) is 0 Å². The van der Waals surface area contributed by atoms with Gasteiger partial charge < -0.3 is 20.1 Å². The summed E-state index contributed by atoms with van der Waals surface area (Å²) in [7, 11) is 0. The number of alkyl carbamates (subject to hydrolysis) is 1. The van der Waals surface area contributed by atoms with Crippen molar-refractivity contribution in [2.24, 2.45) is 0 Å². The Bertz CT molecular complexity index is 1400. The highest BCUT2D eigenvalue weighted by Gasteiger charge is 2.30. The molecule has 5 rings (SSSR count). The molecule has 7 nitrogen and oxygen atoms in total. The maximum Gasteiger partial charge on any atom is 0.407 e. The van der Waals surface area contributed by atoms with E-state index in [1.165, 1.54) is 0 Å². The van der Waals surface area contributed by atoms with Gasteiger partial charge in [0.25, 0.3) is 0 Å². The predicted octanol–water partition coefficient (Wildman–Crippen LogP) is 4.57. The van der Waals surface area contributed by atoms with Gasteiger partial charge in [-0.15, -0.1) is 0 Å². The Labute approximate surface area is 195 Å². The van der Waals surface area contributed by atoms with Gasteiger partial charge in [0, 0.05) is 29.4 Å². The highest BCUT2D eigenvalue weighted by Crippen LogP contribution is 2.44. The predicted molar refractivity (Wildman–Crippen MR) is 126 cm³/mol. The Morgan fingerprint density at radius 3 is 2.38 bits per heavy atom. The van der Waals surface area contributed by atoms with E-state index < -0.39 is 18.1 Å². The van der Waals surface area contributed by atoms with Crippen LogP contribution in [0.2, 0.25) is 0 Å². The molecule has 0 spiro atoms. The molecule has 1 heterocycles. The number of aromatic nitrogens is 1. The lowest BCUT2D eigenvalue weighted by molar-refractivity contribution is -0.139. The van der Waals surface area contributed by atoms with Crippen molar-refractivity contribution in [3.63, 3.8) is 0 Å². The summed E-state index contributed by atoms with van der Waals surface area (Å²) in [6.45, 7) is 0.107. The van der Waals surface area contributed by atoms with Crippen molar-refractivity contribution in [2.45, 2.75) is 18.4 Å². The van der Waals surface area contributed by atoms with E-state index in [-0.39, 0.29) is 18.9 Å². The molecule has 0 saturated heterocycles. The molecule has 4 aromatic rings. The van der Waals surface area contributed by atoms with Crippen molar-refractivity contribution < 1.29 is 19.4 Å². The second kappa shape index (κ2) is 8.75. The topological polar surface area (TPSA) is 115 Å². The molecule has 168 valence electrons. The average Bonchev–Trinajstić information content (AvgIpc) is 3.40. The largest absolute Gasteiger partial charge is 0.480 e. The number of hydrogen-bond donors (Lipinski definition) is 3. The third-order valence-corrected chi connectivity index (χ3v) is 6.25. The molecule has 3 aromatic carbocycles. The second-order valence-electron chi connectivity index (χ2n) is 8.25. The van der Waals surface area contributed by atoms with E-state index in [9.17, 15) is 14.7 Å². The van der Waals surface area contributed by atoms with Crippen LogP contribution in [-0.2, 0) is 16.0 Å². The van der Waals surface area contributed by atoms with Gasteiger partial charge in [-0.3, -0.25) is 0 Å². The molecule has 1 aliphatic rings. The van der Waals surface area contributed by atoms with E-state index in [4.69, 9.17) is 10.00 Å². The minimum Gasteiger partial charge on any atom is -0.480 e. The summed E-state index contributed by atoms with van der Waals surface area (Å²) in [5.74, 6) is -1.26. The Morgan fingerprint density at radius 1 is 1.06 bits per heavy atom. The zero-order valence-corrected chi connectivity index (χ0v) is 18.1. The van der Waals surface area contributed by atoms with Crippen molar-refractivity contribution in [1.82, 2.24) is 10.3 Å². The molecular formula is C27H21N3O4. The number of aliphatic carboxylic acids is 1. The highest BCUT2D eigenvalue weighted by molar-refractivity contribution is 5.86. The number of carboxylic acids is 1. The maximum atomic E-state index is 12.6. The van der Waals surface area contributed by atoms with E-state index in [0.717, 1.165) is 38.7 Å². The van der Waals surface area contributed by atoms with E-state index >= 15 is 0 Å². The molecule has 1 atom stereocenters. The molecule has 7 heteroatoms. The van der Waals surface area contributed by atoms with E-state index in [2.05, 4.69) is 28.5 Å². The van der Waals surface area contributed by atoms with Crippen molar-refractivity contribution in [1.29, 1.82) is 5.26 Å². The number of carbonyl (C=O) groups excluding carboxylic acids is 1. The van der Waals surface area contributed by atoms with Crippen LogP contribution in [0.25, 0.3) is 22.0 Å². The van der Waals surface area contributed by atoms with Crippen LogP contribution >= 0.6 is 0 Å². The zero-order valence-electron chi connectivity index (χ0n) is 18.1. The quantitative estimate of drug-likeness (QED) is 0.397. The number of rotatable bonds is 6. The van der Waals surface area contributed by atoms with Gasteiger partial charge in [-0.05, 0) is 39.9 Å². The first-order chi connectivity index (χ1) is 16.5. The van der Waals surface area contributed by atoms with Crippen LogP contribution in [0.3, 0.4) is 0 Å². The lowest BCUT2D eigenvalue weighted by atomic mass is 9.98. The first kappa shape index (κ1) is 21.3. The molecule has 0 unspecified atom stereocenters. The second-order valence-corrected chi connectivity index (χ2v) is 8.25. The average molecular weight is 451 g/mol. The van der Waals surface area contributed by atoms with Gasteiger partial charge in [0.1, 0.15) is 12.6 Å². The molecule has 0 radical (unpaired) electrons. The number of carbonyl (C=O) groups is 2. The highest BCUT2D eigenvalue weighted by atomic mass is 16.5. The van der Waals surface area contributed by atoms with Gasteiger partial charge in [-0.2, -0.15) is 5.26 Å². The summed E-state index contributed by atoms with van der Waals surface area (Å²) in [6, 6.07) is 22.1. The summed E-state index contributed by atoms with van der Waals surface area (Å²) in [4.78, 5) is 27.5. The van der Waals surface area contributed by atoms with Gasteiger partial charge in [-0.25, -0.2) is 9.59 Å². The summed E-state index contributed by atoms with van der Waals surface area (Å²) in [5.41, 5.74) is 6.38. The summed E-state index contributed by atoms with van der Waals surface area (Å²) < 4.78 is 5.50. The third-order valence-electron chi connectivity index (χ3n) is 6.25. The molecule has 0 saturated carbocycles. The Hall–Kier alpha value is -4.57. The molecule has 1 amide bonds. The number of fused-ring (bicyclic) bond motifs is 4. The molecule has 34 heavy (non-hydrogen) atoms. The van der Waals surface area contributed by atoms with E-state index in [1.54, 1.807) is 24.4 Å². The number of ether oxygens (including phenoxy) is 1. The molecular weight excluding hydrogens is 430 g/mol. The summed E-state index contributed by atoms with van der Waals surface area (Å²) >= 11 is 0. The minimum absolute atomic E-state index is 0.0748. The molecule has 0 aliphatic heterocycles. The Balaban J connectivity index is 1.28. The van der Waals surface area contributed by atoms with Crippen LogP contribution < -0.4 is 5.32 Å². The molecule has 1 aliphatic carbocycles. The Kier molecular flexibility index (Phi) is 5.48. The lowest BCUT2D eigenvalue weighted by Gasteiger charge is -2.17. The van der Waals surface area contributed by atoms with Gasteiger partial charge in [-0.1, -0.05) is 54.6 Å². The van der Waals surface area contributed by atoms with Crippen molar-refractivity contribution in [3.05, 3.63) is 95.2 Å². The Morgan fingerprint density at radius 2 is 1.74 bits per heavy atom. The number of aromatic amines is 1. The van der Waals surface area contributed by atoms with Gasteiger partial charge in [0.05, 0.1) is 11.6 Å². The normalized spacial score (nSPS) is 13.0.